The average molecular weight is 252 g/mol. The number of aromatic nitrogens is 2. The number of aryl methyl sites for hydroxylation is 1. The van der Waals surface area contributed by atoms with E-state index in [1.165, 1.54) is 0 Å². The molecule has 0 saturated carbocycles. The predicted molar refractivity (Wildman–Crippen MR) is 59.2 cm³/mol. The lowest BCUT2D eigenvalue weighted by atomic mass is 10.4. The summed E-state index contributed by atoms with van der Waals surface area (Å²) in [5, 5.41) is 3.94. The number of hydrogen-bond acceptors (Lipinski definition) is 3. The van der Waals surface area contributed by atoms with Crippen LogP contribution in [0.2, 0.25) is 0 Å². The Morgan fingerprint density at radius 2 is 2.33 bits per heavy atom. The molecule has 7 heteroatoms. The summed E-state index contributed by atoms with van der Waals surface area (Å²) in [5.74, 6) is 0.421. The summed E-state index contributed by atoms with van der Waals surface area (Å²) in [4.78, 5) is 0. The van der Waals surface area contributed by atoms with Gasteiger partial charge < -0.3 is 0 Å². The Balaban J connectivity index is 2.42. The smallest absolute Gasteiger partial charge is 0.211 e. The highest BCUT2D eigenvalue weighted by atomic mass is 35.5. The maximum Gasteiger partial charge on any atom is 0.211 e. The summed E-state index contributed by atoms with van der Waals surface area (Å²) in [6.45, 7) is 0.276. The average Bonchev–Trinajstić information content (AvgIpc) is 2.59. The minimum absolute atomic E-state index is 0.0662. The summed E-state index contributed by atoms with van der Waals surface area (Å²) in [5.41, 5.74) is 0.840. The Morgan fingerprint density at radius 3 is 2.87 bits per heavy atom. The van der Waals surface area contributed by atoms with Crippen LogP contribution in [-0.4, -0.2) is 29.8 Å². The lowest BCUT2D eigenvalue weighted by Gasteiger charge is -2.03. The Morgan fingerprint density at radius 1 is 1.60 bits per heavy atom. The molecule has 0 aromatic carbocycles. The van der Waals surface area contributed by atoms with Crippen molar-refractivity contribution in [3.63, 3.8) is 0 Å². The van der Waals surface area contributed by atoms with Gasteiger partial charge in [-0.1, -0.05) is 0 Å². The molecule has 0 aliphatic carbocycles. The van der Waals surface area contributed by atoms with Crippen LogP contribution in [0.5, 0.6) is 0 Å². The van der Waals surface area contributed by atoms with Crippen molar-refractivity contribution in [1.82, 2.24) is 14.5 Å². The zero-order valence-electron chi connectivity index (χ0n) is 8.48. The van der Waals surface area contributed by atoms with Crippen molar-refractivity contribution in [2.24, 2.45) is 7.05 Å². The standard InChI is InChI=1S/C8H14ClN3O2S/c1-12-7-8(5-10-12)6-11-15(13,14)4-2-3-9/h5,7,11H,2-4,6H2,1H3. The summed E-state index contributed by atoms with van der Waals surface area (Å²) in [6.07, 6.45) is 3.86. The van der Waals surface area contributed by atoms with Crippen LogP contribution in [-0.2, 0) is 23.6 Å². The minimum atomic E-state index is -3.20. The van der Waals surface area contributed by atoms with E-state index in [0.29, 0.717) is 12.3 Å². The first kappa shape index (κ1) is 12.5. The van der Waals surface area contributed by atoms with E-state index in [-0.39, 0.29) is 12.3 Å². The quantitative estimate of drug-likeness (QED) is 0.748. The van der Waals surface area contributed by atoms with Crippen LogP contribution in [0.15, 0.2) is 12.4 Å². The van der Waals surface area contributed by atoms with Crippen molar-refractivity contribution >= 4 is 21.6 Å². The van der Waals surface area contributed by atoms with Crippen LogP contribution in [0.3, 0.4) is 0 Å². The Kier molecular flexibility index (Phi) is 4.56. The fraction of sp³-hybridized carbons (Fsp3) is 0.625. The van der Waals surface area contributed by atoms with Crippen molar-refractivity contribution in [1.29, 1.82) is 0 Å². The third-order valence-electron chi connectivity index (χ3n) is 1.80. The molecule has 0 saturated heterocycles. The zero-order valence-corrected chi connectivity index (χ0v) is 10.1. The summed E-state index contributed by atoms with van der Waals surface area (Å²) >= 11 is 5.42. The number of nitrogens with zero attached hydrogens (tertiary/aromatic N) is 2. The third kappa shape index (κ3) is 4.63. The lowest BCUT2D eigenvalue weighted by molar-refractivity contribution is 0.580. The van der Waals surface area contributed by atoms with Crippen molar-refractivity contribution in [3.8, 4) is 0 Å². The van der Waals surface area contributed by atoms with E-state index in [9.17, 15) is 8.42 Å². The minimum Gasteiger partial charge on any atom is -0.275 e. The number of nitrogens with one attached hydrogen (secondary N) is 1. The Labute approximate surface area is 94.5 Å². The summed E-state index contributed by atoms with van der Waals surface area (Å²) in [6, 6.07) is 0. The SMILES string of the molecule is Cn1cc(CNS(=O)(=O)CCCCl)cn1. The van der Waals surface area contributed by atoms with Gasteiger partial charge in [0.15, 0.2) is 0 Å². The van der Waals surface area contributed by atoms with Gasteiger partial charge in [0.2, 0.25) is 10.0 Å². The van der Waals surface area contributed by atoms with E-state index in [1.54, 1.807) is 24.1 Å². The molecule has 1 aromatic rings. The Hall–Kier alpha value is -0.590. The second-order valence-corrected chi connectivity index (χ2v) is 5.51. The van der Waals surface area contributed by atoms with Gasteiger partial charge in [0.05, 0.1) is 11.9 Å². The molecule has 0 unspecified atom stereocenters. The molecular weight excluding hydrogens is 238 g/mol. The van der Waals surface area contributed by atoms with Crippen molar-refractivity contribution in [3.05, 3.63) is 18.0 Å². The molecule has 1 rings (SSSR count). The van der Waals surface area contributed by atoms with Crippen molar-refractivity contribution in [2.75, 3.05) is 11.6 Å². The highest BCUT2D eigenvalue weighted by Crippen LogP contribution is 1.98. The molecule has 0 spiro atoms. The van der Waals surface area contributed by atoms with Gasteiger partial charge in [-0.3, -0.25) is 4.68 Å². The second-order valence-electron chi connectivity index (χ2n) is 3.20. The number of halogens is 1. The maximum atomic E-state index is 11.4. The first-order valence-corrected chi connectivity index (χ1v) is 6.73. The molecule has 0 amide bonds. The van der Waals surface area contributed by atoms with Crippen LogP contribution in [0.25, 0.3) is 0 Å². The monoisotopic (exact) mass is 251 g/mol. The lowest BCUT2D eigenvalue weighted by Crippen LogP contribution is -2.25. The van der Waals surface area contributed by atoms with E-state index in [2.05, 4.69) is 9.82 Å². The molecule has 0 bridgehead atoms. The largest absolute Gasteiger partial charge is 0.275 e. The molecule has 86 valence electrons. The fourth-order valence-electron chi connectivity index (χ4n) is 1.07. The van der Waals surface area contributed by atoms with Crippen molar-refractivity contribution in [2.45, 2.75) is 13.0 Å². The van der Waals surface area contributed by atoms with Crippen LogP contribution in [0, 0.1) is 0 Å². The molecule has 0 atom stereocenters. The van der Waals surface area contributed by atoms with Gasteiger partial charge in [0, 0.05) is 31.2 Å². The van der Waals surface area contributed by atoms with Crippen LogP contribution in [0.1, 0.15) is 12.0 Å². The maximum absolute atomic E-state index is 11.4. The predicted octanol–water partition coefficient (Wildman–Crippen LogP) is 0.468. The van der Waals surface area contributed by atoms with Gasteiger partial charge in [-0.05, 0) is 6.42 Å². The number of alkyl halides is 1. The molecular formula is C8H14ClN3O2S. The summed E-state index contributed by atoms with van der Waals surface area (Å²) in [7, 11) is -1.42. The molecule has 0 fully saturated rings. The third-order valence-corrected chi connectivity index (χ3v) is 3.48. The summed E-state index contributed by atoms with van der Waals surface area (Å²) < 4.78 is 26.9. The van der Waals surface area contributed by atoms with Crippen LogP contribution < -0.4 is 4.72 Å². The van der Waals surface area contributed by atoms with Crippen LogP contribution >= 0.6 is 11.6 Å². The van der Waals surface area contributed by atoms with Gasteiger partial charge in [-0.25, -0.2) is 13.1 Å². The fourth-order valence-corrected chi connectivity index (χ4v) is 2.42. The number of rotatable bonds is 6. The number of hydrogen-bond donors (Lipinski definition) is 1. The molecule has 5 nitrogen and oxygen atoms in total. The van der Waals surface area contributed by atoms with E-state index >= 15 is 0 Å². The van der Waals surface area contributed by atoms with E-state index in [4.69, 9.17) is 11.6 Å². The molecule has 1 N–H and O–H groups in total. The topological polar surface area (TPSA) is 64.0 Å². The zero-order chi connectivity index (χ0) is 11.3. The number of sulfonamides is 1. The highest BCUT2D eigenvalue weighted by molar-refractivity contribution is 7.89. The van der Waals surface area contributed by atoms with E-state index < -0.39 is 10.0 Å². The van der Waals surface area contributed by atoms with Gasteiger partial charge in [-0.15, -0.1) is 11.6 Å². The van der Waals surface area contributed by atoms with Gasteiger partial charge >= 0.3 is 0 Å². The molecule has 1 aromatic heterocycles. The van der Waals surface area contributed by atoms with Gasteiger partial charge in [0.1, 0.15) is 0 Å². The van der Waals surface area contributed by atoms with E-state index in [1.807, 2.05) is 0 Å². The molecule has 0 aliphatic heterocycles. The van der Waals surface area contributed by atoms with E-state index in [0.717, 1.165) is 5.56 Å². The first-order chi connectivity index (χ1) is 7.03. The Bertz CT molecular complexity index is 402. The van der Waals surface area contributed by atoms with Gasteiger partial charge in [-0.2, -0.15) is 5.10 Å². The molecule has 0 aliphatic rings. The first-order valence-electron chi connectivity index (χ1n) is 4.54. The van der Waals surface area contributed by atoms with Gasteiger partial charge in [0.25, 0.3) is 0 Å². The molecule has 0 radical (unpaired) electrons. The second kappa shape index (κ2) is 5.48. The molecule has 1 heterocycles. The van der Waals surface area contributed by atoms with Crippen molar-refractivity contribution < 1.29 is 8.42 Å². The normalized spacial score (nSPS) is 11.9. The molecule has 15 heavy (non-hydrogen) atoms. The van der Waals surface area contributed by atoms with Crippen LogP contribution in [0.4, 0.5) is 0 Å². The highest BCUT2D eigenvalue weighted by Gasteiger charge is 2.09.